The van der Waals surface area contributed by atoms with Gasteiger partial charge in [0, 0.05) is 32.7 Å². The van der Waals surface area contributed by atoms with Crippen molar-refractivity contribution in [3.63, 3.8) is 0 Å². The number of hydrogen-bond donors (Lipinski definition) is 0. The molecule has 4 rings (SSSR count). The first kappa shape index (κ1) is 20.0. The highest BCUT2D eigenvalue weighted by Gasteiger charge is 2.21. The van der Waals surface area contributed by atoms with Gasteiger partial charge >= 0.3 is 0 Å². The molecule has 1 fully saturated rings. The monoisotopic (exact) mass is 428 g/mol. The molecule has 0 atom stereocenters. The molecule has 0 N–H and O–H groups in total. The first-order chi connectivity index (χ1) is 14.1. The number of benzene rings is 3. The van der Waals surface area contributed by atoms with E-state index < -0.39 is 0 Å². The number of carbonyl (C=O) groups is 1. The van der Waals surface area contributed by atoms with Crippen LogP contribution in [0.25, 0.3) is 10.8 Å². The number of rotatable bonds is 5. The third-order valence-corrected chi connectivity index (χ3v) is 5.94. The summed E-state index contributed by atoms with van der Waals surface area (Å²) in [6.45, 7) is 3.89. The van der Waals surface area contributed by atoms with Gasteiger partial charge in [0.2, 0.25) is 0 Å². The number of nitrogens with zero attached hydrogens (tertiary/aromatic N) is 2. The number of piperazine rings is 1. The Morgan fingerprint density at radius 1 is 0.862 bits per heavy atom. The second-order valence-corrected chi connectivity index (χ2v) is 8.02. The summed E-state index contributed by atoms with van der Waals surface area (Å²) in [4.78, 5) is 16.7. The Hall–Kier alpha value is -2.27. The highest BCUT2D eigenvalue weighted by Crippen LogP contribution is 2.24. The molecule has 1 saturated heterocycles. The quantitative estimate of drug-likeness (QED) is 0.580. The Kier molecular flexibility index (Phi) is 6.24. The molecule has 3 aromatic rings. The number of ether oxygens (including phenoxy) is 1. The smallest absolute Gasteiger partial charge is 0.260 e. The predicted molar refractivity (Wildman–Crippen MR) is 118 cm³/mol. The zero-order chi connectivity index (χ0) is 20.2. The molecular weight excluding hydrogens is 407 g/mol. The molecule has 0 unspecified atom stereocenters. The van der Waals surface area contributed by atoms with E-state index in [-0.39, 0.29) is 12.5 Å². The summed E-state index contributed by atoms with van der Waals surface area (Å²) < 4.78 is 5.74. The van der Waals surface area contributed by atoms with Gasteiger partial charge < -0.3 is 9.64 Å². The Bertz CT molecular complexity index is 1020. The van der Waals surface area contributed by atoms with Crippen LogP contribution in [0.5, 0.6) is 5.75 Å². The summed E-state index contributed by atoms with van der Waals surface area (Å²) in [5, 5.41) is 3.40. The largest absolute Gasteiger partial charge is 0.484 e. The molecule has 1 aliphatic rings. The molecule has 0 saturated carbocycles. The van der Waals surface area contributed by atoms with E-state index in [4.69, 9.17) is 27.9 Å². The molecule has 0 aliphatic carbocycles. The van der Waals surface area contributed by atoms with Crippen LogP contribution in [0, 0.1) is 0 Å². The molecule has 0 aromatic heterocycles. The van der Waals surface area contributed by atoms with E-state index in [9.17, 15) is 4.79 Å². The van der Waals surface area contributed by atoms with Crippen LogP contribution in [-0.2, 0) is 11.3 Å². The fourth-order valence-electron chi connectivity index (χ4n) is 3.55. The Morgan fingerprint density at radius 3 is 2.38 bits per heavy atom. The molecular formula is C23H22Cl2N2O2. The summed E-state index contributed by atoms with van der Waals surface area (Å²) in [5.41, 5.74) is 1.12. The molecule has 4 nitrogen and oxygen atoms in total. The van der Waals surface area contributed by atoms with Crippen LogP contribution in [0.15, 0.2) is 60.7 Å². The number of halogens is 2. The summed E-state index contributed by atoms with van der Waals surface area (Å²) in [6, 6.07) is 19.7. The van der Waals surface area contributed by atoms with Gasteiger partial charge in [-0.3, -0.25) is 9.69 Å². The zero-order valence-electron chi connectivity index (χ0n) is 16.0. The normalized spacial score (nSPS) is 14.9. The van der Waals surface area contributed by atoms with Crippen molar-refractivity contribution in [2.45, 2.75) is 6.54 Å². The van der Waals surface area contributed by atoms with Gasteiger partial charge in [-0.15, -0.1) is 0 Å². The molecule has 0 bridgehead atoms. The van der Waals surface area contributed by atoms with Crippen LogP contribution in [0.3, 0.4) is 0 Å². The van der Waals surface area contributed by atoms with Gasteiger partial charge in [0.05, 0.1) is 10.0 Å². The van der Waals surface area contributed by atoms with E-state index in [1.54, 1.807) is 0 Å². The van der Waals surface area contributed by atoms with Crippen LogP contribution in [0.4, 0.5) is 0 Å². The highest BCUT2D eigenvalue weighted by molar-refractivity contribution is 6.42. The molecule has 1 heterocycles. The lowest BCUT2D eigenvalue weighted by Crippen LogP contribution is -2.49. The molecule has 6 heteroatoms. The fourth-order valence-corrected chi connectivity index (χ4v) is 3.87. The highest BCUT2D eigenvalue weighted by atomic mass is 35.5. The minimum absolute atomic E-state index is 0.0207. The molecule has 0 spiro atoms. The third-order valence-electron chi connectivity index (χ3n) is 5.20. The Labute approximate surface area is 180 Å². The number of hydrogen-bond acceptors (Lipinski definition) is 3. The van der Waals surface area contributed by atoms with E-state index >= 15 is 0 Å². The number of carbonyl (C=O) groups excluding carboxylic acids is 1. The molecule has 0 radical (unpaired) electrons. The van der Waals surface area contributed by atoms with Crippen LogP contribution < -0.4 is 4.74 Å². The summed E-state index contributed by atoms with van der Waals surface area (Å²) in [7, 11) is 0. The average molecular weight is 429 g/mol. The summed E-state index contributed by atoms with van der Waals surface area (Å²) in [6.07, 6.45) is 0. The van der Waals surface area contributed by atoms with Gasteiger partial charge in [-0.2, -0.15) is 0 Å². The Balaban J connectivity index is 1.26. The van der Waals surface area contributed by atoms with E-state index in [1.165, 1.54) is 0 Å². The lowest BCUT2D eigenvalue weighted by atomic mass is 10.1. The van der Waals surface area contributed by atoms with Crippen molar-refractivity contribution in [2.75, 3.05) is 32.8 Å². The molecule has 29 heavy (non-hydrogen) atoms. The summed E-state index contributed by atoms with van der Waals surface area (Å²) in [5.74, 6) is 0.739. The Morgan fingerprint density at radius 2 is 1.62 bits per heavy atom. The van der Waals surface area contributed by atoms with Gasteiger partial charge in [0.1, 0.15) is 5.75 Å². The van der Waals surface area contributed by atoms with Gasteiger partial charge in [0.15, 0.2) is 6.61 Å². The number of amides is 1. The van der Waals surface area contributed by atoms with Gasteiger partial charge in [-0.05, 0) is 40.6 Å². The SMILES string of the molecule is O=C(COc1ccc2ccccc2c1)N1CCN(Cc2ccc(Cl)c(Cl)c2)CC1. The van der Waals surface area contributed by atoms with Gasteiger partial charge in [0.25, 0.3) is 5.91 Å². The average Bonchev–Trinajstić information content (AvgIpc) is 2.75. The maximum absolute atomic E-state index is 12.5. The summed E-state index contributed by atoms with van der Waals surface area (Å²) >= 11 is 12.1. The lowest BCUT2D eigenvalue weighted by Gasteiger charge is -2.34. The first-order valence-corrected chi connectivity index (χ1v) is 10.4. The van der Waals surface area contributed by atoms with Crippen molar-refractivity contribution in [2.24, 2.45) is 0 Å². The van der Waals surface area contributed by atoms with E-state index in [0.29, 0.717) is 23.1 Å². The number of fused-ring (bicyclic) bond motifs is 1. The standard InChI is InChI=1S/C23H22Cl2N2O2/c24-21-8-5-17(13-22(21)25)15-26-9-11-27(12-10-26)23(28)16-29-20-7-6-18-3-1-2-4-19(18)14-20/h1-8,13-14H,9-12,15-16H2. The second kappa shape index (κ2) is 9.04. The minimum atomic E-state index is 0.0207. The van der Waals surface area contributed by atoms with Crippen molar-refractivity contribution in [3.05, 3.63) is 76.3 Å². The topological polar surface area (TPSA) is 32.8 Å². The van der Waals surface area contributed by atoms with Crippen molar-refractivity contribution < 1.29 is 9.53 Å². The van der Waals surface area contributed by atoms with Crippen molar-refractivity contribution in [1.82, 2.24) is 9.80 Å². The van der Waals surface area contributed by atoms with E-state index in [0.717, 1.165) is 41.7 Å². The van der Waals surface area contributed by atoms with Crippen LogP contribution in [0.2, 0.25) is 10.0 Å². The second-order valence-electron chi connectivity index (χ2n) is 7.20. The zero-order valence-corrected chi connectivity index (χ0v) is 17.5. The van der Waals surface area contributed by atoms with Crippen molar-refractivity contribution >= 4 is 39.9 Å². The molecule has 3 aromatic carbocycles. The van der Waals surface area contributed by atoms with Crippen molar-refractivity contribution in [1.29, 1.82) is 0 Å². The van der Waals surface area contributed by atoms with Crippen LogP contribution in [-0.4, -0.2) is 48.5 Å². The maximum atomic E-state index is 12.5. The van der Waals surface area contributed by atoms with Gasteiger partial charge in [-0.25, -0.2) is 0 Å². The molecule has 1 amide bonds. The third kappa shape index (κ3) is 5.02. The fraction of sp³-hybridized carbons (Fsp3) is 0.261. The first-order valence-electron chi connectivity index (χ1n) is 9.64. The van der Waals surface area contributed by atoms with E-state index in [1.807, 2.05) is 59.5 Å². The predicted octanol–water partition coefficient (Wildman–Crippen LogP) is 4.87. The lowest BCUT2D eigenvalue weighted by molar-refractivity contribution is -0.135. The van der Waals surface area contributed by atoms with E-state index in [2.05, 4.69) is 11.0 Å². The van der Waals surface area contributed by atoms with Crippen LogP contribution in [0.1, 0.15) is 5.56 Å². The van der Waals surface area contributed by atoms with Gasteiger partial charge in [-0.1, -0.05) is 59.6 Å². The van der Waals surface area contributed by atoms with Crippen molar-refractivity contribution in [3.8, 4) is 5.75 Å². The molecule has 1 aliphatic heterocycles. The minimum Gasteiger partial charge on any atom is -0.484 e. The maximum Gasteiger partial charge on any atom is 0.260 e. The molecule has 150 valence electrons. The van der Waals surface area contributed by atoms with Crippen LogP contribution >= 0.6 is 23.2 Å².